The van der Waals surface area contributed by atoms with Crippen LogP contribution in [0.25, 0.3) is 0 Å². The molecule has 2 rings (SSSR count). The van der Waals surface area contributed by atoms with Crippen molar-refractivity contribution in [1.29, 1.82) is 0 Å². The van der Waals surface area contributed by atoms with Gasteiger partial charge in [0, 0.05) is 24.6 Å². The Labute approximate surface area is 112 Å². The lowest BCUT2D eigenvalue weighted by Crippen LogP contribution is -2.15. The standard InChI is InChI=1S/C14H16N4O/c1-9-6-10(2)17-13(7-9)18-14(19)12-8-11(15-3)4-5-16-12/h4-8H,1-3H3,(H,15,16)(H,17,18,19). The number of hydrogen-bond acceptors (Lipinski definition) is 4. The molecule has 2 aromatic heterocycles. The molecule has 0 spiro atoms. The van der Waals surface area contributed by atoms with E-state index in [1.165, 1.54) is 0 Å². The SMILES string of the molecule is CNc1ccnc(C(=O)Nc2cc(C)cc(C)n2)c1. The van der Waals surface area contributed by atoms with E-state index in [4.69, 9.17) is 0 Å². The number of carbonyl (C=O) groups excluding carboxylic acids is 1. The molecule has 2 N–H and O–H groups in total. The first-order chi connectivity index (χ1) is 9.08. The van der Waals surface area contributed by atoms with Crippen molar-refractivity contribution >= 4 is 17.4 Å². The molecule has 0 unspecified atom stereocenters. The lowest BCUT2D eigenvalue weighted by Gasteiger charge is -2.07. The smallest absolute Gasteiger partial charge is 0.275 e. The van der Waals surface area contributed by atoms with Gasteiger partial charge in [0.15, 0.2) is 0 Å². The first kappa shape index (κ1) is 13.0. The summed E-state index contributed by atoms with van der Waals surface area (Å²) in [5, 5.41) is 5.72. The number of nitrogens with one attached hydrogen (secondary N) is 2. The summed E-state index contributed by atoms with van der Waals surface area (Å²) in [6.07, 6.45) is 1.59. The van der Waals surface area contributed by atoms with Crippen LogP contribution >= 0.6 is 0 Å². The summed E-state index contributed by atoms with van der Waals surface area (Å²) in [5.74, 6) is 0.272. The Balaban J connectivity index is 2.20. The van der Waals surface area contributed by atoms with E-state index in [9.17, 15) is 4.79 Å². The minimum absolute atomic E-state index is 0.269. The van der Waals surface area contributed by atoms with Gasteiger partial charge in [-0.05, 0) is 43.7 Å². The van der Waals surface area contributed by atoms with E-state index in [0.717, 1.165) is 16.9 Å². The van der Waals surface area contributed by atoms with Crippen molar-refractivity contribution in [3.8, 4) is 0 Å². The maximum absolute atomic E-state index is 12.1. The zero-order valence-corrected chi connectivity index (χ0v) is 11.2. The molecule has 0 atom stereocenters. The number of amides is 1. The minimum atomic E-state index is -0.269. The van der Waals surface area contributed by atoms with Gasteiger partial charge in [0.05, 0.1) is 0 Å². The average molecular weight is 256 g/mol. The molecule has 0 aromatic carbocycles. The van der Waals surface area contributed by atoms with Gasteiger partial charge in [0.25, 0.3) is 5.91 Å². The van der Waals surface area contributed by atoms with Crippen molar-refractivity contribution in [2.45, 2.75) is 13.8 Å². The third-order valence-electron chi connectivity index (χ3n) is 2.62. The number of rotatable bonds is 3. The van der Waals surface area contributed by atoms with Crippen LogP contribution < -0.4 is 10.6 Å². The van der Waals surface area contributed by atoms with Gasteiger partial charge < -0.3 is 10.6 Å². The molecule has 0 aliphatic carbocycles. The second kappa shape index (κ2) is 5.48. The van der Waals surface area contributed by atoms with Crippen molar-refractivity contribution < 1.29 is 4.79 Å². The molecule has 0 bridgehead atoms. The van der Waals surface area contributed by atoms with Gasteiger partial charge in [0.2, 0.25) is 0 Å². The lowest BCUT2D eigenvalue weighted by atomic mass is 10.2. The summed E-state index contributed by atoms with van der Waals surface area (Å²) in [4.78, 5) is 20.4. The van der Waals surface area contributed by atoms with Crippen LogP contribution in [0.5, 0.6) is 0 Å². The largest absolute Gasteiger partial charge is 0.388 e. The molecular formula is C14H16N4O. The van der Waals surface area contributed by atoms with Crippen LogP contribution in [-0.4, -0.2) is 22.9 Å². The fourth-order valence-electron chi connectivity index (χ4n) is 1.80. The van der Waals surface area contributed by atoms with Crippen molar-refractivity contribution in [1.82, 2.24) is 9.97 Å². The molecular weight excluding hydrogens is 240 g/mol. The van der Waals surface area contributed by atoms with E-state index in [1.807, 2.05) is 26.0 Å². The van der Waals surface area contributed by atoms with Crippen molar-refractivity contribution in [2.24, 2.45) is 0 Å². The van der Waals surface area contributed by atoms with Gasteiger partial charge in [0.1, 0.15) is 11.5 Å². The van der Waals surface area contributed by atoms with Crippen LogP contribution in [0.4, 0.5) is 11.5 Å². The molecule has 0 aliphatic rings. The maximum Gasteiger partial charge on any atom is 0.275 e. The molecule has 98 valence electrons. The first-order valence-electron chi connectivity index (χ1n) is 5.99. The van der Waals surface area contributed by atoms with Gasteiger partial charge in [-0.15, -0.1) is 0 Å². The maximum atomic E-state index is 12.1. The summed E-state index contributed by atoms with van der Waals surface area (Å²) >= 11 is 0. The van der Waals surface area contributed by atoms with E-state index < -0.39 is 0 Å². The van der Waals surface area contributed by atoms with Crippen LogP contribution in [0.3, 0.4) is 0 Å². The highest BCUT2D eigenvalue weighted by Gasteiger charge is 2.09. The van der Waals surface area contributed by atoms with Gasteiger partial charge in [-0.2, -0.15) is 0 Å². The fourth-order valence-corrected chi connectivity index (χ4v) is 1.80. The van der Waals surface area contributed by atoms with Crippen molar-refractivity contribution in [2.75, 3.05) is 17.7 Å². The molecule has 0 saturated heterocycles. The van der Waals surface area contributed by atoms with E-state index in [-0.39, 0.29) is 5.91 Å². The van der Waals surface area contributed by atoms with Gasteiger partial charge >= 0.3 is 0 Å². The Morgan fingerprint density at radius 2 is 2.00 bits per heavy atom. The Kier molecular flexibility index (Phi) is 3.75. The summed E-state index contributed by atoms with van der Waals surface area (Å²) < 4.78 is 0. The van der Waals surface area contributed by atoms with E-state index in [2.05, 4.69) is 20.6 Å². The highest BCUT2D eigenvalue weighted by atomic mass is 16.1. The molecule has 2 heterocycles. The van der Waals surface area contributed by atoms with E-state index in [0.29, 0.717) is 11.5 Å². The molecule has 5 nitrogen and oxygen atoms in total. The molecule has 0 saturated carbocycles. The molecule has 0 radical (unpaired) electrons. The first-order valence-corrected chi connectivity index (χ1v) is 5.99. The second-order valence-electron chi connectivity index (χ2n) is 4.30. The number of aromatic nitrogens is 2. The zero-order chi connectivity index (χ0) is 13.8. The fraction of sp³-hybridized carbons (Fsp3) is 0.214. The monoisotopic (exact) mass is 256 g/mol. The summed E-state index contributed by atoms with van der Waals surface area (Å²) in [6.45, 7) is 3.85. The van der Waals surface area contributed by atoms with Crippen LogP contribution in [-0.2, 0) is 0 Å². The van der Waals surface area contributed by atoms with Gasteiger partial charge in [-0.3, -0.25) is 9.78 Å². The average Bonchev–Trinajstić information content (AvgIpc) is 2.37. The van der Waals surface area contributed by atoms with Crippen LogP contribution in [0, 0.1) is 13.8 Å². The number of anilines is 2. The lowest BCUT2D eigenvalue weighted by molar-refractivity contribution is 0.102. The quantitative estimate of drug-likeness (QED) is 0.884. The summed E-state index contributed by atoms with van der Waals surface area (Å²) in [6, 6.07) is 7.27. The highest BCUT2D eigenvalue weighted by molar-refractivity contribution is 6.02. The normalized spacial score (nSPS) is 10.1. The van der Waals surface area contributed by atoms with Crippen LogP contribution in [0.1, 0.15) is 21.7 Å². The van der Waals surface area contributed by atoms with Crippen LogP contribution in [0.2, 0.25) is 0 Å². The zero-order valence-electron chi connectivity index (χ0n) is 11.2. The second-order valence-corrected chi connectivity index (χ2v) is 4.30. The van der Waals surface area contributed by atoms with E-state index >= 15 is 0 Å². The van der Waals surface area contributed by atoms with Gasteiger partial charge in [-0.25, -0.2) is 4.98 Å². The van der Waals surface area contributed by atoms with Crippen LogP contribution in [0.15, 0.2) is 30.5 Å². The molecule has 5 heteroatoms. The Morgan fingerprint density at radius 3 is 2.68 bits per heavy atom. The number of carbonyl (C=O) groups is 1. The predicted octanol–water partition coefficient (Wildman–Crippen LogP) is 2.39. The number of hydrogen-bond donors (Lipinski definition) is 2. The molecule has 2 aromatic rings. The van der Waals surface area contributed by atoms with Gasteiger partial charge in [-0.1, -0.05) is 0 Å². The topological polar surface area (TPSA) is 66.9 Å². The number of aryl methyl sites for hydroxylation is 2. The number of pyridine rings is 2. The number of nitrogens with zero attached hydrogens (tertiary/aromatic N) is 2. The Morgan fingerprint density at radius 1 is 1.21 bits per heavy atom. The Hall–Kier alpha value is -2.43. The van der Waals surface area contributed by atoms with E-state index in [1.54, 1.807) is 25.4 Å². The minimum Gasteiger partial charge on any atom is -0.388 e. The molecule has 19 heavy (non-hydrogen) atoms. The third-order valence-corrected chi connectivity index (χ3v) is 2.62. The third kappa shape index (κ3) is 3.28. The van der Waals surface area contributed by atoms with Crippen molar-refractivity contribution in [3.63, 3.8) is 0 Å². The summed E-state index contributed by atoms with van der Waals surface area (Å²) in [7, 11) is 1.79. The molecule has 1 amide bonds. The molecule has 0 fully saturated rings. The molecule has 0 aliphatic heterocycles. The Bertz CT molecular complexity index is 590. The summed E-state index contributed by atoms with van der Waals surface area (Å²) in [5.41, 5.74) is 3.12. The predicted molar refractivity (Wildman–Crippen MR) is 75.4 cm³/mol. The highest BCUT2D eigenvalue weighted by Crippen LogP contribution is 2.12. The van der Waals surface area contributed by atoms with Crippen molar-refractivity contribution in [3.05, 3.63) is 47.4 Å².